The van der Waals surface area contributed by atoms with Crippen LogP contribution in [0.4, 0.5) is 4.79 Å². The number of hydrogen-bond donors (Lipinski definition) is 1. The SMILES string of the molecule is CC(C)(C)OC(=O)N1/C=C\C=C/CC2=C1C=C1NCCC1C2. The van der Waals surface area contributed by atoms with Gasteiger partial charge in [0.25, 0.3) is 0 Å². The molecule has 3 aliphatic rings. The van der Waals surface area contributed by atoms with E-state index >= 15 is 0 Å². The summed E-state index contributed by atoms with van der Waals surface area (Å²) in [7, 11) is 0. The molecule has 1 N–H and O–H groups in total. The van der Waals surface area contributed by atoms with Crippen molar-refractivity contribution in [2.45, 2.75) is 45.6 Å². The zero-order valence-electron chi connectivity index (χ0n) is 13.6. The fraction of sp³-hybridized carbons (Fsp3) is 0.500. The molecule has 22 heavy (non-hydrogen) atoms. The number of carbonyl (C=O) groups is 1. The standard InChI is InChI=1S/C18H24N2O2/c1-18(2,3)22-17(21)20-10-6-4-5-7-14-11-13-8-9-19-15(13)12-16(14)20/h4-6,10,12-13,19H,7-9,11H2,1-3H3/b5-4-,10-6-. The van der Waals surface area contributed by atoms with Gasteiger partial charge >= 0.3 is 6.09 Å². The van der Waals surface area contributed by atoms with Crippen molar-refractivity contribution in [3.8, 4) is 0 Å². The van der Waals surface area contributed by atoms with Crippen molar-refractivity contribution in [3.05, 3.63) is 47.5 Å². The minimum atomic E-state index is -0.500. The molecule has 1 saturated heterocycles. The Morgan fingerprint density at radius 1 is 1.36 bits per heavy atom. The second-order valence-electron chi connectivity index (χ2n) is 7.03. The second kappa shape index (κ2) is 5.67. The van der Waals surface area contributed by atoms with Gasteiger partial charge in [0.05, 0.1) is 5.70 Å². The molecule has 1 atom stereocenters. The quantitative estimate of drug-likeness (QED) is 0.739. The fourth-order valence-electron chi connectivity index (χ4n) is 3.13. The average molecular weight is 300 g/mol. The van der Waals surface area contributed by atoms with Gasteiger partial charge in [0.2, 0.25) is 0 Å². The number of amides is 1. The van der Waals surface area contributed by atoms with Crippen molar-refractivity contribution >= 4 is 6.09 Å². The van der Waals surface area contributed by atoms with Crippen molar-refractivity contribution in [3.63, 3.8) is 0 Å². The number of ether oxygens (including phenoxy) is 1. The first kappa shape index (κ1) is 14.9. The van der Waals surface area contributed by atoms with Gasteiger partial charge in [-0.15, -0.1) is 0 Å². The van der Waals surface area contributed by atoms with Crippen LogP contribution >= 0.6 is 0 Å². The van der Waals surface area contributed by atoms with Crippen LogP contribution in [0.1, 0.15) is 40.0 Å². The van der Waals surface area contributed by atoms with E-state index in [-0.39, 0.29) is 6.09 Å². The third-order valence-electron chi connectivity index (χ3n) is 4.11. The van der Waals surface area contributed by atoms with Crippen LogP contribution in [0.3, 0.4) is 0 Å². The molecule has 1 aliphatic carbocycles. The summed E-state index contributed by atoms with van der Waals surface area (Å²) >= 11 is 0. The molecule has 1 unspecified atom stereocenters. The Kier molecular flexibility index (Phi) is 3.85. The summed E-state index contributed by atoms with van der Waals surface area (Å²) in [5, 5.41) is 3.44. The average Bonchev–Trinajstić information content (AvgIpc) is 2.83. The van der Waals surface area contributed by atoms with E-state index in [2.05, 4.69) is 17.5 Å². The molecule has 4 nitrogen and oxygen atoms in total. The summed E-state index contributed by atoms with van der Waals surface area (Å²) < 4.78 is 5.56. The number of hydrogen-bond acceptors (Lipinski definition) is 3. The number of fused-ring (bicyclic) bond motifs is 1. The lowest BCUT2D eigenvalue weighted by molar-refractivity contribution is 0.0385. The maximum atomic E-state index is 12.6. The molecule has 0 saturated carbocycles. The maximum Gasteiger partial charge on any atom is 0.418 e. The first-order valence-electron chi connectivity index (χ1n) is 7.97. The zero-order valence-corrected chi connectivity index (χ0v) is 13.6. The van der Waals surface area contributed by atoms with Crippen LogP contribution < -0.4 is 5.32 Å². The highest BCUT2D eigenvalue weighted by atomic mass is 16.6. The van der Waals surface area contributed by atoms with Crippen LogP contribution in [-0.2, 0) is 4.74 Å². The highest BCUT2D eigenvalue weighted by Crippen LogP contribution is 2.37. The molecule has 0 aromatic rings. The lowest BCUT2D eigenvalue weighted by Gasteiger charge is -2.31. The van der Waals surface area contributed by atoms with Gasteiger partial charge in [0.1, 0.15) is 5.60 Å². The lowest BCUT2D eigenvalue weighted by atomic mass is 9.87. The van der Waals surface area contributed by atoms with E-state index in [9.17, 15) is 4.79 Å². The third kappa shape index (κ3) is 3.11. The van der Waals surface area contributed by atoms with Crippen molar-refractivity contribution in [2.24, 2.45) is 5.92 Å². The van der Waals surface area contributed by atoms with E-state index < -0.39 is 5.60 Å². The van der Waals surface area contributed by atoms with Crippen molar-refractivity contribution in [1.29, 1.82) is 0 Å². The van der Waals surface area contributed by atoms with Gasteiger partial charge in [0.15, 0.2) is 0 Å². The minimum absolute atomic E-state index is 0.320. The maximum absolute atomic E-state index is 12.6. The summed E-state index contributed by atoms with van der Waals surface area (Å²) in [6, 6.07) is 0. The van der Waals surface area contributed by atoms with Crippen LogP contribution in [0.25, 0.3) is 0 Å². The first-order valence-corrected chi connectivity index (χ1v) is 7.97. The molecule has 0 aromatic heterocycles. The minimum Gasteiger partial charge on any atom is -0.443 e. The van der Waals surface area contributed by atoms with Crippen LogP contribution in [0.5, 0.6) is 0 Å². The molecule has 4 heteroatoms. The van der Waals surface area contributed by atoms with Crippen molar-refractivity contribution in [2.75, 3.05) is 6.54 Å². The lowest BCUT2D eigenvalue weighted by Crippen LogP contribution is -2.34. The van der Waals surface area contributed by atoms with E-state index in [1.807, 2.05) is 32.9 Å². The predicted octanol–water partition coefficient (Wildman–Crippen LogP) is 3.85. The molecule has 0 aromatic carbocycles. The van der Waals surface area contributed by atoms with Gasteiger partial charge in [-0.1, -0.05) is 12.2 Å². The molecule has 2 heterocycles. The van der Waals surface area contributed by atoms with E-state index in [0.717, 1.165) is 25.1 Å². The topological polar surface area (TPSA) is 41.6 Å². The number of nitrogens with zero attached hydrogens (tertiary/aromatic N) is 1. The third-order valence-corrected chi connectivity index (χ3v) is 4.11. The summed E-state index contributed by atoms with van der Waals surface area (Å²) in [5.41, 5.74) is 3.03. The van der Waals surface area contributed by atoms with Gasteiger partial charge < -0.3 is 10.1 Å². The van der Waals surface area contributed by atoms with E-state index in [1.165, 1.54) is 17.7 Å². The van der Waals surface area contributed by atoms with Gasteiger partial charge in [0, 0.05) is 24.4 Å². The monoisotopic (exact) mass is 300 g/mol. The number of carbonyl (C=O) groups excluding carboxylic acids is 1. The highest BCUT2D eigenvalue weighted by molar-refractivity contribution is 5.73. The Hall–Kier alpha value is -1.97. The van der Waals surface area contributed by atoms with Crippen molar-refractivity contribution < 1.29 is 9.53 Å². The Morgan fingerprint density at radius 3 is 2.95 bits per heavy atom. The van der Waals surface area contributed by atoms with Crippen LogP contribution in [0.2, 0.25) is 0 Å². The normalized spacial score (nSPS) is 27.0. The summed E-state index contributed by atoms with van der Waals surface area (Å²) in [6.45, 7) is 6.69. The molecule has 2 aliphatic heterocycles. The summed E-state index contributed by atoms with van der Waals surface area (Å²) in [5.74, 6) is 0.580. The van der Waals surface area contributed by atoms with Crippen LogP contribution in [-0.4, -0.2) is 23.1 Å². The van der Waals surface area contributed by atoms with Gasteiger partial charge in [-0.2, -0.15) is 0 Å². The molecule has 1 fully saturated rings. The largest absolute Gasteiger partial charge is 0.443 e. The smallest absolute Gasteiger partial charge is 0.418 e. The number of nitrogens with one attached hydrogen (secondary N) is 1. The zero-order chi connectivity index (χ0) is 15.7. The number of allylic oxidation sites excluding steroid dienone is 6. The molecule has 0 radical (unpaired) electrons. The molecular formula is C18H24N2O2. The Morgan fingerprint density at radius 2 is 2.18 bits per heavy atom. The first-order chi connectivity index (χ1) is 10.4. The fourth-order valence-corrected chi connectivity index (χ4v) is 3.13. The molecule has 3 rings (SSSR count). The molecular weight excluding hydrogens is 276 g/mol. The van der Waals surface area contributed by atoms with Gasteiger partial charge in [-0.25, -0.2) is 4.79 Å². The summed E-state index contributed by atoms with van der Waals surface area (Å²) in [4.78, 5) is 14.2. The number of rotatable bonds is 0. The molecule has 0 spiro atoms. The Bertz CT molecular complexity index is 591. The van der Waals surface area contributed by atoms with Gasteiger partial charge in [-0.3, -0.25) is 4.90 Å². The van der Waals surface area contributed by atoms with Gasteiger partial charge in [-0.05, 0) is 57.8 Å². The molecule has 0 bridgehead atoms. The molecule has 1 amide bonds. The Labute approximate surface area is 132 Å². The van der Waals surface area contributed by atoms with E-state index in [0.29, 0.717) is 5.92 Å². The van der Waals surface area contributed by atoms with E-state index in [1.54, 1.807) is 11.1 Å². The highest BCUT2D eigenvalue weighted by Gasteiger charge is 2.31. The van der Waals surface area contributed by atoms with Crippen LogP contribution in [0, 0.1) is 5.92 Å². The predicted molar refractivity (Wildman–Crippen MR) is 86.8 cm³/mol. The van der Waals surface area contributed by atoms with E-state index in [4.69, 9.17) is 4.74 Å². The molecule has 118 valence electrons. The second-order valence-corrected chi connectivity index (χ2v) is 7.03. The van der Waals surface area contributed by atoms with Crippen LogP contribution in [0.15, 0.2) is 47.5 Å². The Balaban J connectivity index is 1.94. The van der Waals surface area contributed by atoms with Crippen molar-refractivity contribution in [1.82, 2.24) is 10.2 Å². The summed E-state index contributed by atoms with van der Waals surface area (Å²) in [6.07, 6.45) is 12.7.